The van der Waals surface area contributed by atoms with Crippen LogP contribution >= 0.6 is 12.4 Å². The van der Waals surface area contributed by atoms with E-state index in [-0.39, 0.29) is 24.4 Å². The quantitative estimate of drug-likeness (QED) is 0.901. The van der Waals surface area contributed by atoms with Gasteiger partial charge in [0.2, 0.25) is 0 Å². The van der Waals surface area contributed by atoms with Crippen LogP contribution in [0, 0.1) is 5.92 Å². The van der Waals surface area contributed by atoms with Crippen molar-refractivity contribution in [3.63, 3.8) is 0 Å². The van der Waals surface area contributed by atoms with Crippen LogP contribution in [0.25, 0.3) is 0 Å². The number of hydrogen-bond acceptors (Lipinski definition) is 3. The molecule has 0 spiro atoms. The van der Waals surface area contributed by atoms with Crippen LogP contribution in [0.15, 0.2) is 30.3 Å². The molecule has 2 heterocycles. The summed E-state index contributed by atoms with van der Waals surface area (Å²) in [5, 5.41) is 0. The maximum atomic E-state index is 12.7. The zero-order valence-electron chi connectivity index (χ0n) is 12.8. The van der Waals surface area contributed by atoms with Crippen LogP contribution in [0.5, 0.6) is 0 Å². The minimum atomic E-state index is -3.36. The molecule has 3 rings (SSSR count). The van der Waals surface area contributed by atoms with Crippen LogP contribution in [0.1, 0.15) is 24.8 Å². The third kappa shape index (κ3) is 3.31. The molecule has 1 unspecified atom stereocenters. The van der Waals surface area contributed by atoms with E-state index in [1.165, 1.54) is 0 Å². The SMILES string of the molecule is CC1CCN(S(=O)(=O)N2C[C@@H](N)[C@H](c3ccccc3)C2)C1.Cl. The van der Waals surface area contributed by atoms with Gasteiger partial charge in [-0.1, -0.05) is 37.3 Å². The summed E-state index contributed by atoms with van der Waals surface area (Å²) in [5.41, 5.74) is 7.32. The summed E-state index contributed by atoms with van der Waals surface area (Å²) in [6.45, 7) is 4.25. The Hall–Kier alpha value is -0.660. The van der Waals surface area contributed by atoms with Gasteiger partial charge >= 0.3 is 0 Å². The average Bonchev–Trinajstić information content (AvgIpc) is 3.07. The van der Waals surface area contributed by atoms with E-state index in [0.717, 1.165) is 12.0 Å². The molecule has 124 valence electrons. The second kappa shape index (κ2) is 6.84. The Morgan fingerprint density at radius 3 is 2.36 bits per heavy atom. The van der Waals surface area contributed by atoms with Gasteiger partial charge < -0.3 is 5.73 Å². The highest BCUT2D eigenvalue weighted by Gasteiger charge is 2.41. The van der Waals surface area contributed by atoms with Gasteiger partial charge in [0.25, 0.3) is 10.2 Å². The van der Waals surface area contributed by atoms with Gasteiger partial charge in [0.05, 0.1) is 0 Å². The largest absolute Gasteiger partial charge is 0.326 e. The summed E-state index contributed by atoms with van der Waals surface area (Å²) < 4.78 is 28.6. The highest BCUT2D eigenvalue weighted by molar-refractivity contribution is 7.86. The first-order chi connectivity index (χ1) is 9.98. The third-order valence-electron chi connectivity index (χ3n) is 4.60. The Balaban J connectivity index is 0.00000176. The van der Waals surface area contributed by atoms with Gasteiger partial charge in [0, 0.05) is 38.1 Å². The molecule has 1 aromatic carbocycles. The van der Waals surface area contributed by atoms with E-state index in [1.807, 2.05) is 30.3 Å². The molecule has 2 N–H and O–H groups in total. The minimum absolute atomic E-state index is 0. The van der Waals surface area contributed by atoms with Gasteiger partial charge in [0.15, 0.2) is 0 Å². The van der Waals surface area contributed by atoms with E-state index in [1.54, 1.807) is 8.61 Å². The summed E-state index contributed by atoms with van der Waals surface area (Å²) in [6, 6.07) is 9.83. The molecule has 2 aliphatic rings. The lowest BCUT2D eigenvalue weighted by atomic mass is 9.95. The smallest absolute Gasteiger partial charge is 0.282 e. The van der Waals surface area contributed by atoms with Crippen molar-refractivity contribution in [3.8, 4) is 0 Å². The summed E-state index contributed by atoms with van der Waals surface area (Å²) in [5.74, 6) is 0.530. The lowest BCUT2D eigenvalue weighted by Crippen LogP contribution is -2.42. The average molecular weight is 346 g/mol. The molecular formula is C15H24ClN3O2S. The molecule has 22 heavy (non-hydrogen) atoms. The normalized spacial score (nSPS) is 30.4. The molecular weight excluding hydrogens is 322 g/mol. The minimum Gasteiger partial charge on any atom is -0.326 e. The molecule has 0 amide bonds. The van der Waals surface area contributed by atoms with Gasteiger partial charge in [-0.25, -0.2) is 0 Å². The van der Waals surface area contributed by atoms with Crippen LogP contribution in [0.4, 0.5) is 0 Å². The predicted octanol–water partition coefficient (Wildman–Crippen LogP) is 1.42. The first kappa shape index (κ1) is 17.7. The first-order valence-electron chi connectivity index (χ1n) is 7.54. The van der Waals surface area contributed by atoms with Crippen molar-refractivity contribution in [2.24, 2.45) is 11.7 Å². The molecule has 0 aromatic heterocycles. The Labute approximate surface area is 139 Å². The molecule has 0 bridgehead atoms. The molecule has 3 atom stereocenters. The van der Waals surface area contributed by atoms with Crippen LogP contribution in [0.3, 0.4) is 0 Å². The topological polar surface area (TPSA) is 66.6 Å². The molecule has 5 nitrogen and oxygen atoms in total. The van der Waals surface area contributed by atoms with Gasteiger partial charge in [-0.05, 0) is 17.9 Å². The lowest BCUT2D eigenvalue weighted by molar-refractivity contribution is 0.388. The van der Waals surface area contributed by atoms with Crippen LogP contribution < -0.4 is 5.73 Å². The number of nitrogens with zero attached hydrogens (tertiary/aromatic N) is 2. The number of benzene rings is 1. The van der Waals surface area contributed by atoms with E-state index in [9.17, 15) is 8.42 Å². The Morgan fingerprint density at radius 2 is 1.77 bits per heavy atom. The lowest BCUT2D eigenvalue weighted by Gasteiger charge is -2.23. The molecule has 0 saturated carbocycles. The molecule has 0 aliphatic carbocycles. The van der Waals surface area contributed by atoms with E-state index in [2.05, 4.69) is 6.92 Å². The number of hydrogen-bond donors (Lipinski definition) is 1. The van der Waals surface area contributed by atoms with Gasteiger partial charge in [-0.3, -0.25) is 0 Å². The fourth-order valence-corrected chi connectivity index (χ4v) is 5.12. The third-order valence-corrected chi connectivity index (χ3v) is 6.53. The molecule has 1 aromatic rings. The predicted molar refractivity (Wildman–Crippen MR) is 90.3 cm³/mol. The number of nitrogens with two attached hydrogens (primary N) is 1. The van der Waals surface area contributed by atoms with Crippen molar-refractivity contribution < 1.29 is 8.42 Å². The fraction of sp³-hybridized carbons (Fsp3) is 0.600. The molecule has 2 saturated heterocycles. The van der Waals surface area contributed by atoms with Crippen LogP contribution in [0.2, 0.25) is 0 Å². The highest BCUT2D eigenvalue weighted by atomic mass is 35.5. The molecule has 2 fully saturated rings. The maximum absolute atomic E-state index is 12.7. The second-order valence-electron chi connectivity index (χ2n) is 6.26. The first-order valence-corrected chi connectivity index (χ1v) is 8.94. The monoisotopic (exact) mass is 345 g/mol. The highest BCUT2D eigenvalue weighted by Crippen LogP contribution is 2.30. The molecule has 2 aliphatic heterocycles. The van der Waals surface area contributed by atoms with Crippen molar-refractivity contribution in [3.05, 3.63) is 35.9 Å². The van der Waals surface area contributed by atoms with Crippen molar-refractivity contribution >= 4 is 22.6 Å². The van der Waals surface area contributed by atoms with Gasteiger partial charge in [-0.2, -0.15) is 17.0 Å². The van der Waals surface area contributed by atoms with Gasteiger partial charge in [-0.15, -0.1) is 12.4 Å². The molecule has 0 radical (unpaired) electrons. The van der Waals surface area contributed by atoms with E-state index in [0.29, 0.717) is 32.1 Å². The standard InChI is InChI=1S/C15H23N3O2S.ClH/c1-12-7-8-17(9-12)21(19,20)18-10-14(15(16)11-18)13-5-3-2-4-6-13;/h2-6,12,14-15H,7-11,16H2,1H3;1H/t12?,14-,15+;/m0./s1. The van der Waals surface area contributed by atoms with Crippen molar-refractivity contribution in [2.45, 2.75) is 25.3 Å². The fourth-order valence-electron chi connectivity index (χ4n) is 3.30. The Kier molecular flexibility index (Phi) is 5.50. The van der Waals surface area contributed by atoms with Gasteiger partial charge in [0.1, 0.15) is 0 Å². The van der Waals surface area contributed by atoms with Crippen LogP contribution in [-0.4, -0.2) is 49.2 Å². The summed E-state index contributed by atoms with van der Waals surface area (Å²) in [6.07, 6.45) is 0.946. The van der Waals surface area contributed by atoms with Crippen molar-refractivity contribution in [2.75, 3.05) is 26.2 Å². The zero-order chi connectivity index (χ0) is 15.0. The second-order valence-corrected chi connectivity index (χ2v) is 8.19. The Bertz CT molecular complexity index is 596. The van der Waals surface area contributed by atoms with E-state index >= 15 is 0 Å². The van der Waals surface area contributed by atoms with E-state index in [4.69, 9.17) is 5.73 Å². The number of rotatable bonds is 3. The Morgan fingerprint density at radius 1 is 1.09 bits per heavy atom. The van der Waals surface area contributed by atoms with Crippen molar-refractivity contribution in [1.82, 2.24) is 8.61 Å². The summed E-state index contributed by atoms with van der Waals surface area (Å²) in [7, 11) is -3.36. The van der Waals surface area contributed by atoms with Crippen molar-refractivity contribution in [1.29, 1.82) is 0 Å². The van der Waals surface area contributed by atoms with Crippen LogP contribution in [-0.2, 0) is 10.2 Å². The maximum Gasteiger partial charge on any atom is 0.282 e. The number of halogens is 1. The summed E-state index contributed by atoms with van der Waals surface area (Å²) >= 11 is 0. The zero-order valence-corrected chi connectivity index (χ0v) is 14.4. The van der Waals surface area contributed by atoms with E-state index < -0.39 is 10.2 Å². The molecule has 7 heteroatoms. The summed E-state index contributed by atoms with van der Waals surface area (Å²) in [4.78, 5) is 0.